The van der Waals surface area contributed by atoms with Gasteiger partial charge >= 0.3 is 0 Å². The molecule has 0 aliphatic carbocycles. The standard InChI is InChI=1S/C8H11FN2O2/c1-6(4-12-2)13-8-3-7(9)10-5-11-8/h3,5-6H,4H2,1-2H3. The Balaban J connectivity index is 2.53. The van der Waals surface area contributed by atoms with E-state index in [1.165, 1.54) is 0 Å². The van der Waals surface area contributed by atoms with Crippen molar-refractivity contribution in [3.05, 3.63) is 18.3 Å². The van der Waals surface area contributed by atoms with Gasteiger partial charge in [-0.05, 0) is 6.92 Å². The van der Waals surface area contributed by atoms with Crippen molar-refractivity contribution in [1.29, 1.82) is 0 Å². The smallest absolute Gasteiger partial charge is 0.219 e. The van der Waals surface area contributed by atoms with E-state index < -0.39 is 5.95 Å². The van der Waals surface area contributed by atoms with E-state index in [1.807, 2.05) is 6.92 Å². The SMILES string of the molecule is COCC(C)Oc1cc(F)ncn1. The summed E-state index contributed by atoms with van der Waals surface area (Å²) in [5.41, 5.74) is 0. The zero-order valence-corrected chi connectivity index (χ0v) is 7.53. The molecule has 1 aromatic rings. The molecule has 0 amide bonds. The molecule has 0 N–H and O–H groups in total. The Morgan fingerprint density at radius 2 is 2.31 bits per heavy atom. The van der Waals surface area contributed by atoms with Crippen molar-refractivity contribution in [1.82, 2.24) is 9.97 Å². The van der Waals surface area contributed by atoms with Crippen LogP contribution in [0.3, 0.4) is 0 Å². The van der Waals surface area contributed by atoms with E-state index in [1.54, 1.807) is 7.11 Å². The summed E-state index contributed by atoms with van der Waals surface area (Å²) in [6, 6.07) is 1.13. The van der Waals surface area contributed by atoms with Crippen LogP contribution in [0.25, 0.3) is 0 Å². The monoisotopic (exact) mass is 186 g/mol. The van der Waals surface area contributed by atoms with Crippen molar-refractivity contribution in [2.75, 3.05) is 13.7 Å². The molecule has 0 saturated heterocycles. The van der Waals surface area contributed by atoms with Gasteiger partial charge in [0, 0.05) is 7.11 Å². The number of hydrogen-bond acceptors (Lipinski definition) is 4. The minimum atomic E-state index is -0.602. The molecule has 4 nitrogen and oxygen atoms in total. The Labute approximate surface area is 75.7 Å². The minimum Gasteiger partial charge on any atom is -0.472 e. The van der Waals surface area contributed by atoms with E-state index in [9.17, 15) is 4.39 Å². The average molecular weight is 186 g/mol. The van der Waals surface area contributed by atoms with Crippen molar-refractivity contribution in [3.8, 4) is 5.88 Å². The normalized spacial score (nSPS) is 12.5. The molecule has 0 aliphatic rings. The van der Waals surface area contributed by atoms with E-state index >= 15 is 0 Å². The third kappa shape index (κ3) is 3.33. The van der Waals surface area contributed by atoms with Crippen LogP contribution in [0.15, 0.2) is 12.4 Å². The zero-order chi connectivity index (χ0) is 9.68. The molecule has 5 heteroatoms. The zero-order valence-electron chi connectivity index (χ0n) is 7.53. The van der Waals surface area contributed by atoms with Crippen LogP contribution < -0.4 is 4.74 Å². The largest absolute Gasteiger partial charge is 0.472 e. The summed E-state index contributed by atoms with van der Waals surface area (Å²) in [6.07, 6.45) is 0.962. The van der Waals surface area contributed by atoms with Crippen molar-refractivity contribution in [2.45, 2.75) is 13.0 Å². The topological polar surface area (TPSA) is 44.2 Å². The summed E-state index contributed by atoms with van der Waals surface area (Å²) in [4.78, 5) is 7.04. The summed E-state index contributed by atoms with van der Waals surface area (Å²) in [5.74, 6) is -0.383. The lowest BCUT2D eigenvalue weighted by Crippen LogP contribution is -2.18. The fraction of sp³-hybridized carbons (Fsp3) is 0.500. The van der Waals surface area contributed by atoms with Gasteiger partial charge in [-0.2, -0.15) is 4.39 Å². The maximum absolute atomic E-state index is 12.5. The molecule has 0 fully saturated rings. The number of rotatable bonds is 4. The summed E-state index contributed by atoms with van der Waals surface area (Å²) in [7, 11) is 1.57. The first-order valence-corrected chi connectivity index (χ1v) is 3.85. The first-order valence-electron chi connectivity index (χ1n) is 3.85. The fourth-order valence-electron chi connectivity index (χ4n) is 0.857. The molecule has 1 heterocycles. The first-order chi connectivity index (χ1) is 6.22. The van der Waals surface area contributed by atoms with Gasteiger partial charge in [-0.3, -0.25) is 0 Å². The van der Waals surface area contributed by atoms with Crippen LogP contribution in [0.5, 0.6) is 5.88 Å². The predicted octanol–water partition coefficient (Wildman–Crippen LogP) is 1.03. The molecular formula is C8H11FN2O2. The van der Waals surface area contributed by atoms with Crippen LogP contribution >= 0.6 is 0 Å². The molecule has 72 valence electrons. The van der Waals surface area contributed by atoms with E-state index in [0.29, 0.717) is 6.61 Å². The maximum atomic E-state index is 12.5. The molecule has 0 saturated carbocycles. The summed E-state index contributed by atoms with van der Waals surface area (Å²) >= 11 is 0. The van der Waals surface area contributed by atoms with Gasteiger partial charge in [0.05, 0.1) is 12.7 Å². The fourth-order valence-corrected chi connectivity index (χ4v) is 0.857. The van der Waals surface area contributed by atoms with Crippen LogP contribution in [0.4, 0.5) is 4.39 Å². The number of halogens is 1. The molecule has 1 atom stereocenters. The van der Waals surface area contributed by atoms with E-state index in [0.717, 1.165) is 12.4 Å². The molecule has 1 rings (SSSR count). The summed E-state index contributed by atoms with van der Waals surface area (Å²) in [5, 5.41) is 0. The van der Waals surface area contributed by atoms with E-state index in [-0.39, 0.29) is 12.0 Å². The predicted molar refractivity (Wildman–Crippen MR) is 44.0 cm³/mol. The molecule has 0 spiro atoms. The van der Waals surface area contributed by atoms with Gasteiger partial charge < -0.3 is 9.47 Å². The van der Waals surface area contributed by atoms with Gasteiger partial charge in [-0.1, -0.05) is 0 Å². The Kier molecular flexibility index (Phi) is 3.57. The second kappa shape index (κ2) is 4.71. The van der Waals surface area contributed by atoms with Gasteiger partial charge in [-0.15, -0.1) is 0 Å². The molecule has 1 unspecified atom stereocenters. The van der Waals surface area contributed by atoms with Gasteiger partial charge in [0.1, 0.15) is 12.4 Å². The average Bonchev–Trinajstić information content (AvgIpc) is 2.04. The first kappa shape index (κ1) is 9.85. The molecule has 13 heavy (non-hydrogen) atoms. The number of methoxy groups -OCH3 is 1. The number of nitrogens with zero attached hydrogens (tertiary/aromatic N) is 2. The molecule has 0 radical (unpaired) electrons. The highest BCUT2D eigenvalue weighted by Crippen LogP contribution is 2.07. The highest BCUT2D eigenvalue weighted by Gasteiger charge is 2.04. The lowest BCUT2D eigenvalue weighted by Gasteiger charge is -2.11. The maximum Gasteiger partial charge on any atom is 0.219 e. The highest BCUT2D eigenvalue weighted by molar-refractivity contribution is 5.06. The van der Waals surface area contributed by atoms with Crippen LogP contribution in [-0.2, 0) is 4.74 Å². The van der Waals surface area contributed by atoms with Crippen LogP contribution in [-0.4, -0.2) is 29.8 Å². The van der Waals surface area contributed by atoms with E-state index in [4.69, 9.17) is 9.47 Å². The Morgan fingerprint density at radius 1 is 1.54 bits per heavy atom. The lowest BCUT2D eigenvalue weighted by molar-refractivity contribution is 0.0885. The van der Waals surface area contributed by atoms with Crippen molar-refractivity contribution < 1.29 is 13.9 Å². The highest BCUT2D eigenvalue weighted by atomic mass is 19.1. The summed E-state index contributed by atoms with van der Waals surface area (Å²) < 4.78 is 22.6. The third-order valence-electron chi connectivity index (χ3n) is 1.33. The molecule has 0 aromatic carbocycles. The molecule has 0 aliphatic heterocycles. The minimum absolute atomic E-state index is 0.153. The Hall–Kier alpha value is -1.23. The molecule has 0 bridgehead atoms. The second-order valence-electron chi connectivity index (χ2n) is 2.56. The number of hydrogen-bond donors (Lipinski definition) is 0. The number of aromatic nitrogens is 2. The van der Waals surface area contributed by atoms with Crippen molar-refractivity contribution in [2.24, 2.45) is 0 Å². The van der Waals surface area contributed by atoms with E-state index in [2.05, 4.69) is 9.97 Å². The van der Waals surface area contributed by atoms with Crippen LogP contribution in [0, 0.1) is 5.95 Å². The number of ether oxygens (including phenoxy) is 2. The van der Waals surface area contributed by atoms with Crippen molar-refractivity contribution >= 4 is 0 Å². The van der Waals surface area contributed by atoms with Crippen LogP contribution in [0.1, 0.15) is 6.92 Å². The Morgan fingerprint density at radius 3 is 2.92 bits per heavy atom. The van der Waals surface area contributed by atoms with Crippen LogP contribution in [0.2, 0.25) is 0 Å². The lowest BCUT2D eigenvalue weighted by atomic mass is 10.4. The quantitative estimate of drug-likeness (QED) is 0.659. The van der Waals surface area contributed by atoms with Gasteiger partial charge in [0.15, 0.2) is 0 Å². The second-order valence-corrected chi connectivity index (χ2v) is 2.56. The van der Waals surface area contributed by atoms with Gasteiger partial charge in [0.2, 0.25) is 11.8 Å². The molecule has 1 aromatic heterocycles. The summed E-state index contributed by atoms with van der Waals surface area (Å²) in [6.45, 7) is 2.25. The Bertz CT molecular complexity index is 270. The van der Waals surface area contributed by atoms with Gasteiger partial charge in [0.25, 0.3) is 0 Å². The third-order valence-corrected chi connectivity index (χ3v) is 1.33. The molecular weight excluding hydrogens is 175 g/mol. The van der Waals surface area contributed by atoms with Gasteiger partial charge in [-0.25, -0.2) is 9.97 Å². The van der Waals surface area contributed by atoms with Crippen molar-refractivity contribution in [3.63, 3.8) is 0 Å².